The van der Waals surface area contributed by atoms with Crippen molar-refractivity contribution in [1.29, 1.82) is 0 Å². The number of benzene rings is 1. The fraction of sp³-hybridized carbons (Fsp3) is 0.471. The normalized spacial score (nSPS) is 18.2. The van der Waals surface area contributed by atoms with E-state index < -0.39 is 15.8 Å². The van der Waals surface area contributed by atoms with Crippen LogP contribution in [0.1, 0.15) is 30.1 Å². The van der Waals surface area contributed by atoms with Gasteiger partial charge in [-0.1, -0.05) is 6.07 Å². The van der Waals surface area contributed by atoms with Gasteiger partial charge in [-0.15, -0.1) is 0 Å². The third-order valence-electron chi connectivity index (χ3n) is 4.12. The molecule has 9 heteroatoms. The van der Waals surface area contributed by atoms with Crippen LogP contribution in [0, 0.1) is 0 Å². The second kappa shape index (κ2) is 8.31. The first kappa shape index (κ1) is 19.9. The Morgan fingerprint density at radius 2 is 2.04 bits per heavy atom. The molecule has 1 N–H and O–H groups in total. The van der Waals surface area contributed by atoms with E-state index in [1.165, 1.54) is 25.0 Å². The number of sulfone groups is 1. The molecule has 1 aromatic carbocycles. The Kier molecular flexibility index (Phi) is 6.36. The lowest BCUT2D eigenvalue weighted by Crippen LogP contribution is -2.38. The molecular formula is C17H22N2O6S. The summed E-state index contributed by atoms with van der Waals surface area (Å²) in [5, 5.41) is 2.69. The van der Waals surface area contributed by atoms with E-state index >= 15 is 0 Å². The predicted octanol–water partition coefficient (Wildman–Crippen LogP) is 0.520. The van der Waals surface area contributed by atoms with Gasteiger partial charge in [-0.25, -0.2) is 13.2 Å². The van der Waals surface area contributed by atoms with Crippen LogP contribution < -0.4 is 10.2 Å². The third-order valence-corrected chi connectivity index (χ3v) is 5.89. The molecule has 0 saturated carbocycles. The first-order valence-electron chi connectivity index (χ1n) is 8.18. The fourth-order valence-electron chi connectivity index (χ4n) is 2.81. The second-order valence-electron chi connectivity index (χ2n) is 6.13. The zero-order chi connectivity index (χ0) is 19.3. The average Bonchev–Trinajstić information content (AvgIpc) is 2.92. The van der Waals surface area contributed by atoms with Crippen molar-refractivity contribution < 1.29 is 27.5 Å². The lowest BCUT2D eigenvalue weighted by Gasteiger charge is -2.22. The zero-order valence-electron chi connectivity index (χ0n) is 14.7. The van der Waals surface area contributed by atoms with Gasteiger partial charge in [0, 0.05) is 31.6 Å². The summed E-state index contributed by atoms with van der Waals surface area (Å²) in [5.74, 6) is -1.07. The van der Waals surface area contributed by atoms with Crippen LogP contribution >= 0.6 is 0 Å². The number of hydrogen-bond donors (Lipinski definition) is 1. The molecule has 1 saturated heterocycles. The molecule has 0 aliphatic carbocycles. The summed E-state index contributed by atoms with van der Waals surface area (Å²) in [7, 11) is -1.80. The van der Waals surface area contributed by atoms with Crippen LogP contribution in [0.3, 0.4) is 0 Å². The molecule has 26 heavy (non-hydrogen) atoms. The smallest absolute Gasteiger partial charge is 0.337 e. The third kappa shape index (κ3) is 5.29. The van der Waals surface area contributed by atoms with Gasteiger partial charge in [0.2, 0.25) is 11.8 Å². The van der Waals surface area contributed by atoms with E-state index in [-0.39, 0.29) is 42.3 Å². The van der Waals surface area contributed by atoms with Crippen LogP contribution in [0.5, 0.6) is 0 Å². The fourth-order valence-corrected chi connectivity index (χ4v) is 4.48. The Morgan fingerprint density at radius 3 is 2.62 bits per heavy atom. The van der Waals surface area contributed by atoms with Crippen molar-refractivity contribution >= 4 is 33.3 Å². The van der Waals surface area contributed by atoms with Gasteiger partial charge >= 0.3 is 5.97 Å². The summed E-state index contributed by atoms with van der Waals surface area (Å²) < 4.78 is 27.5. The van der Waals surface area contributed by atoms with Gasteiger partial charge in [0.25, 0.3) is 0 Å². The van der Waals surface area contributed by atoms with Crippen molar-refractivity contribution in [2.24, 2.45) is 0 Å². The summed E-state index contributed by atoms with van der Waals surface area (Å²) in [6.45, 7) is 1.48. The van der Waals surface area contributed by atoms with Gasteiger partial charge < -0.3 is 15.0 Å². The number of nitrogens with zero attached hydrogens (tertiary/aromatic N) is 1. The molecule has 1 heterocycles. The van der Waals surface area contributed by atoms with Crippen LogP contribution in [-0.2, 0) is 24.2 Å². The van der Waals surface area contributed by atoms with Crippen LogP contribution in [0.4, 0.5) is 5.69 Å². The summed E-state index contributed by atoms with van der Waals surface area (Å²) in [4.78, 5) is 37.0. The van der Waals surface area contributed by atoms with Crippen molar-refractivity contribution in [2.75, 3.05) is 30.1 Å². The molecule has 0 radical (unpaired) electrons. The number of rotatable bonds is 6. The van der Waals surface area contributed by atoms with Crippen molar-refractivity contribution in [2.45, 2.75) is 25.8 Å². The van der Waals surface area contributed by atoms with Crippen molar-refractivity contribution in [3.8, 4) is 0 Å². The Labute approximate surface area is 152 Å². The van der Waals surface area contributed by atoms with E-state index in [4.69, 9.17) is 0 Å². The molecule has 0 aromatic heterocycles. The molecule has 2 rings (SSSR count). The second-order valence-corrected chi connectivity index (χ2v) is 8.36. The highest BCUT2D eigenvalue weighted by molar-refractivity contribution is 7.91. The Bertz CT molecular complexity index is 805. The zero-order valence-corrected chi connectivity index (χ0v) is 15.5. The number of hydrogen-bond acceptors (Lipinski definition) is 6. The molecule has 1 aliphatic rings. The number of anilines is 1. The van der Waals surface area contributed by atoms with Crippen LogP contribution in [0.15, 0.2) is 24.3 Å². The maximum atomic E-state index is 12.1. The molecule has 1 atom stereocenters. The minimum absolute atomic E-state index is 0.0264. The van der Waals surface area contributed by atoms with Crippen LogP contribution in [0.25, 0.3) is 0 Å². The molecular weight excluding hydrogens is 360 g/mol. The Hall–Kier alpha value is -2.42. The maximum Gasteiger partial charge on any atom is 0.337 e. The van der Waals surface area contributed by atoms with Crippen LogP contribution in [-0.4, -0.2) is 57.4 Å². The number of ether oxygens (including phenoxy) is 1. The highest BCUT2D eigenvalue weighted by Gasteiger charge is 2.29. The number of esters is 1. The highest BCUT2D eigenvalue weighted by Crippen LogP contribution is 2.18. The number of nitrogens with one attached hydrogen (secondary N) is 1. The quantitative estimate of drug-likeness (QED) is 0.718. The predicted molar refractivity (Wildman–Crippen MR) is 95.6 cm³/mol. The van der Waals surface area contributed by atoms with E-state index in [0.717, 1.165) is 0 Å². The Balaban J connectivity index is 1.99. The average molecular weight is 382 g/mol. The summed E-state index contributed by atoms with van der Waals surface area (Å²) in [5.41, 5.74) is 0.786. The van der Waals surface area contributed by atoms with Gasteiger partial charge in [-0.05, 0) is 24.6 Å². The van der Waals surface area contributed by atoms with Gasteiger partial charge in [-0.3, -0.25) is 9.59 Å². The monoisotopic (exact) mass is 382 g/mol. The van der Waals surface area contributed by atoms with Gasteiger partial charge in [0.1, 0.15) is 0 Å². The minimum Gasteiger partial charge on any atom is -0.465 e. The molecule has 1 aliphatic heterocycles. The number of amides is 2. The molecule has 142 valence electrons. The lowest BCUT2D eigenvalue weighted by atomic mass is 10.1. The first-order chi connectivity index (χ1) is 12.2. The molecule has 2 amide bonds. The molecule has 0 spiro atoms. The topological polar surface area (TPSA) is 110 Å². The lowest BCUT2D eigenvalue weighted by molar-refractivity contribution is -0.121. The van der Waals surface area contributed by atoms with Gasteiger partial charge in [0.15, 0.2) is 9.84 Å². The highest BCUT2D eigenvalue weighted by atomic mass is 32.2. The van der Waals surface area contributed by atoms with Gasteiger partial charge in [-0.2, -0.15) is 0 Å². The van der Waals surface area contributed by atoms with Crippen molar-refractivity contribution in [1.82, 2.24) is 5.32 Å². The number of carbonyl (C=O) groups excluding carboxylic acids is 3. The van der Waals surface area contributed by atoms with Crippen LogP contribution in [0.2, 0.25) is 0 Å². The molecule has 8 nitrogen and oxygen atoms in total. The molecule has 1 aromatic rings. The summed E-state index contributed by atoms with van der Waals surface area (Å²) in [6, 6.07) is 6.01. The maximum absolute atomic E-state index is 12.1. The van der Waals surface area contributed by atoms with Crippen molar-refractivity contribution in [3.63, 3.8) is 0 Å². The standard InChI is InChI=1S/C17H22N2O6S/c1-12(20)19(15-5-3-4-13(10-15)17(22)25-2)8-6-16(21)18-14-7-9-26(23,24)11-14/h3-5,10,14H,6-9,11H2,1-2H3,(H,18,21). The first-order valence-corrected chi connectivity index (χ1v) is 10.0. The van der Waals surface area contributed by atoms with E-state index in [1.54, 1.807) is 18.2 Å². The van der Waals surface area contributed by atoms with Crippen molar-refractivity contribution in [3.05, 3.63) is 29.8 Å². The molecule has 0 bridgehead atoms. The van der Waals surface area contributed by atoms with Gasteiger partial charge in [0.05, 0.1) is 24.2 Å². The minimum atomic E-state index is -3.07. The molecule has 1 unspecified atom stereocenters. The van der Waals surface area contributed by atoms with E-state index in [9.17, 15) is 22.8 Å². The van der Waals surface area contributed by atoms with E-state index in [2.05, 4.69) is 10.1 Å². The number of carbonyl (C=O) groups is 3. The summed E-state index contributed by atoms with van der Waals surface area (Å²) >= 11 is 0. The number of methoxy groups -OCH3 is 1. The van der Waals surface area contributed by atoms with E-state index in [1.807, 2.05) is 0 Å². The SMILES string of the molecule is COC(=O)c1cccc(N(CCC(=O)NC2CCS(=O)(=O)C2)C(C)=O)c1. The molecule has 1 fully saturated rings. The Morgan fingerprint density at radius 1 is 1.31 bits per heavy atom. The summed E-state index contributed by atoms with van der Waals surface area (Å²) in [6.07, 6.45) is 0.435. The largest absolute Gasteiger partial charge is 0.465 e. The van der Waals surface area contributed by atoms with E-state index in [0.29, 0.717) is 17.7 Å².